The van der Waals surface area contributed by atoms with Crippen molar-refractivity contribution in [3.05, 3.63) is 96.3 Å². The van der Waals surface area contributed by atoms with Gasteiger partial charge in [-0.15, -0.1) is 6.58 Å². The number of methoxy groups -OCH3 is 1. The smallest absolute Gasteiger partial charge is 0.251 e. The summed E-state index contributed by atoms with van der Waals surface area (Å²) in [4.78, 5) is 68.2. The molecule has 2 aromatic carbocycles. The lowest BCUT2D eigenvalue weighted by Gasteiger charge is -2.42. The van der Waals surface area contributed by atoms with Crippen molar-refractivity contribution >= 4 is 29.5 Å². The molecule has 1 fully saturated rings. The van der Waals surface area contributed by atoms with Crippen molar-refractivity contribution in [1.82, 2.24) is 25.0 Å². The summed E-state index contributed by atoms with van der Waals surface area (Å²) in [5.74, 6) is -3.94. The second-order valence-corrected chi connectivity index (χ2v) is 16.7. The number of nitrogens with zero attached hydrogens (tertiary/aromatic N) is 3. The molecule has 14 heteroatoms. The van der Waals surface area contributed by atoms with Gasteiger partial charge in [0, 0.05) is 62.7 Å². The third-order valence-electron chi connectivity index (χ3n) is 10.7. The molecule has 1 unspecified atom stereocenters. The lowest BCUT2D eigenvalue weighted by Crippen LogP contribution is -2.50. The highest BCUT2D eigenvalue weighted by Crippen LogP contribution is 2.42. The van der Waals surface area contributed by atoms with Crippen LogP contribution in [0.4, 0.5) is 8.78 Å². The molecule has 4 rings (SSSR count). The Hall–Kier alpha value is -5.21. The predicted molar refractivity (Wildman–Crippen MR) is 218 cm³/mol. The van der Waals surface area contributed by atoms with Crippen molar-refractivity contribution in [3.8, 4) is 11.1 Å². The highest BCUT2D eigenvalue weighted by Gasteiger charge is 2.46. The molecule has 12 nitrogen and oxygen atoms in total. The zero-order valence-corrected chi connectivity index (χ0v) is 34.6. The van der Waals surface area contributed by atoms with Crippen LogP contribution in [0.3, 0.4) is 0 Å². The maximum absolute atomic E-state index is 15.2. The highest BCUT2D eigenvalue weighted by molar-refractivity contribution is 6.06. The first-order valence-corrected chi connectivity index (χ1v) is 19.6. The summed E-state index contributed by atoms with van der Waals surface area (Å²) in [7, 11) is 1.43. The van der Waals surface area contributed by atoms with E-state index in [1.165, 1.54) is 7.11 Å². The van der Waals surface area contributed by atoms with E-state index >= 15 is 4.39 Å². The molecule has 5 amide bonds. The summed E-state index contributed by atoms with van der Waals surface area (Å²) in [5, 5.41) is 5.33. The van der Waals surface area contributed by atoms with Gasteiger partial charge in [-0.3, -0.25) is 28.9 Å². The summed E-state index contributed by atoms with van der Waals surface area (Å²) >= 11 is 0. The number of hydrogen-bond acceptors (Lipinski definition) is 7. The molecule has 2 heterocycles. The number of carbonyl (C=O) groups excluding carboxylic acids is 5. The van der Waals surface area contributed by atoms with Crippen LogP contribution in [0.15, 0.2) is 73.4 Å². The Labute approximate surface area is 340 Å². The van der Waals surface area contributed by atoms with E-state index in [1.807, 2.05) is 69.5 Å². The van der Waals surface area contributed by atoms with Gasteiger partial charge in [0.1, 0.15) is 24.3 Å². The standard InChI is InChI=1S/C44H58F2N6O6/c1-9-18-44(6,7)33-24-38(54)52(42(33)57)27-37(53)48-19-20-49-40(55)35(47)17-21-51(41(56)28(2)58-8)39(43(3,4)5)36-22-30(32-23-31(45)15-16-34(32)46)26-50(36)25-29-13-11-10-12-14-29/h9-16,22-23,26,28,33,35,39H,1,17-21,24-25,27,47H2,2-8H3,(H,48,53)(H,49,55)/t28-,33?,35-,39-/m0/s1. The van der Waals surface area contributed by atoms with Gasteiger partial charge >= 0.3 is 0 Å². The number of hydrogen-bond donors (Lipinski definition) is 3. The summed E-state index contributed by atoms with van der Waals surface area (Å²) < 4.78 is 37.0. The number of nitrogens with two attached hydrogens (primary N) is 1. The number of nitrogens with one attached hydrogen (secondary N) is 2. The van der Waals surface area contributed by atoms with Crippen LogP contribution in [0.1, 0.15) is 78.1 Å². The van der Waals surface area contributed by atoms with Crippen LogP contribution in [0.2, 0.25) is 0 Å². The molecule has 0 radical (unpaired) electrons. The largest absolute Gasteiger partial charge is 0.372 e. The summed E-state index contributed by atoms with van der Waals surface area (Å²) in [6.45, 7) is 15.1. The van der Waals surface area contributed by atoms with Gasteiger partial charge in [-0.05, 0) is 60.4 Å². The molecule has 4 N–H and O–H groups in total. The van der Waals surface area contributed by atoms with Gasteiger partial charge in [0.15, 0.2) is 0 Å². The molecule has 3 aromatic rings. The van der Waals surface area contributed by atoms with Crippen molar-refractivity contribution in [2.75, 3.05) is 33.3 Å². The van der Waals surface area contributed by atoms with E-state index in [9.17, 15) is 28.4 Å². The second-order valence-electron chi connectivity index (χ2n) is 16.7. The number of ether oxygens (including phenoxy) is 1. The van der Waals surface area contributed by atoms with Crippen LogP contribution in [-0.4, -0.2) is 89.3 Å². The van der Waals surface area contributed by atoms with Crippen molar-refractivity contribution in [2.24, 2.45) is 22.5 Å². The number of allylic oxidation sites excluding steroid dienone is 1. The third-order valence-corrected chi connectivity index (χ3v) is 10.7. The van der Waals surface area contributed by atoms with Gasteiger partial charge in [0.05, 0.1) is 18.0 Å². The van der Waals surface area contributed by atoms with Gasteiger partial charge < -0.3 is 30.6 Å². The number of amides is 5. The number of rotatable bonds is 19. The molecule has 58 heavy (non-hydrogen) atoms. The topological polar surface area (TPSA) is 156 Å². The van der Waals surface area contributed by atoms with Crippen molar-refractivity contribution in [3.63, 3.8) is 0 Å². The van der Waals surface area contributed by atoms with Gasteiger partial charge in [-0.2, -0.15) is 0 Å². The first kappa shape index (κ1) is 45.5. The van der Waals surface area contributed by atoms with Crippen LogP contribution in [0.25, 0.3) is 11.1 Å². The molecule has 0 spiro atoms. The van der Waals surface area contributed by atoms with Gasteiger partial charge in [-0.1, -0.05) is 71.0 Å². The molecule has 4 atom stereocenters. The van der Waals surface area contributed by atoms with E-state index in [0.717, 1.165) is 28.7 Å². The molecule has 1 aromatic heterocycles. The average Bonchev–Trinajstić information content (AvgIpc) is 3.70. The van der Waals surface area contributed by atoms with E-state index in [1.54, 1.807) is 30.2 Å². The fourth-order valence-corrected chi connectivity index (χ4v) is 7.41. The second kappa shape index (κ2) is 19.5. The number of aromatic nitrogens is 1. The fraction of sp³-hybridized carbons (Fsp3) is 0.477. The fourth-order valence-electron chi connectivity index (χ4n) is 7.41. The van der Waals surface area contributed by atoms with Gasteiger partial charge in [0.25, 0.3) is 5.91 Å². The first-order chi connectivity index (χ1) is 27.3. The monoisotopic (exact) mass is 804 g/mol. The Morgan fingerprint density at radius 2 is 1.71 bits per heavy atom. The maximum Gasteiger partial charge on any atom is 0.251 e. The quantitative estimate of drug-likeness (QED) is 0.0838. The SMILES string of the molecule is C=CCC(C)(C)C1CC(=O)N(CC(=O)NCCNC(=O)[C@@H](N)CCN(C(=O)[C@H](C)OC)[C@@H](c2cc(-c3cc(F)ccc3F)cn2Cc2ccccc2)C(C)(C)C)C1=O. The zero-order chi connectivity index (χ0) is 42.9. The van der Waals surface area contributed by atoms with Crippen LogP contribution >= 0.6 is 0 Å². The Balaban J connectivity index is 1.48. The van der Waals surface area contributed by atoms with E-state index in [4.69, 9.17) is 10.5 Å². The Morgan fingerprint density at radius 1 is 1.03 bits per heavy atom. The van der Waals surface area contributed by atoms with Crippen molar-refractivity contribution in [1.29, 1.82) is 0 Å². The van der Waals surface area contributed by atoms with Crippen LogP contribution < -0.4 is 16.4 Å². The minimum Gasteiger partial charge on any atom is -0.372 e. The zero-order valence-electron chi connectivity index (χ0n) is 34.6. The van der Waals surface area contributed by atoms with E-state index in [0.29, 0.717) is 24.2 Å². The minimum atomic E-state index is -1.05. The molecule has 1 aliphatic rings. The maximum atomic E-state index is 15.2. The molecular weight excluding hydrogens is 747 g/mol. The van der Waals surface area contributed by atoms with Crippen LogP contribution in [0, 0.1) is 28.4 Å². The number of halogens is 2. The van der Waals surface area contributed by atoms with Crippen molar-refractivity contribution in [2.45, 2.75) is 85.5 Å². The van der Waals surface area contributed by atoms with E-state index in [-0.39, 0.29) is 43.9 Å². The Kier molecular flexibility index (Phi) is 15.3. The normalized spacial score (nSPS) is 16.2. The molecule has 0 aliphatic carbocycles. The van der Waals surface area contributed by atoms with E-state index in [2.05, 4.69) is 17.2 Å². The lowest BCUT2D eigenvalue weighted by atomic mass is 9.75. The summed E-state index contributed by atoms with van der Waals surface area (Å²) in [5.41, 5.74) is 7.40. The number of imide groups is 1. The van der Waals surface area contributed by atoms with Gasteiger partial charge in [-0.25, -0.2) is 8.78 Å². The van der Waals surface area contributed by atoms with Gasteiger partial charge in [0.2, 0.25) is 23.6 Å². The first-order valence-electron chi connectivity index (χ1n) is 19.6. The summed E-state index contributed by atoms with van der Waals surface area (Å²) in [6.07, 6.45) is 3.23. The highest BCUT2D eigenvalue weighted by atomic mass is 19.1. The molecule has 0 saturated carbocycles. The molecule has 314 valence electrons. The summed E-state index contributed by atoms with van der Waals surface area (Å²) in [6, 6.07) is 13.0. The Bertz CT molecular complexity index is 1960. The predicted octanol–water partition coefficient (Wildman–Crippen LogP) is 5.36. The number of likely N-dealkylation sites (tertiary alicyclic amines) is 1. The number of benzene rings is 2. The third kappa shape index (κ3) is 11.3. The lowest BCUT2D eigenvalue weighted by molar-refractivity contribution is -0.147. The van der Waals surface area contributed by atoms with E-state index < -0.39 is 76.7 Å². The van der Waals surface area contributed by atoms with Crippen LogP contribution in [-0.2, 0) is 35.3 Å². The number of carbonyl (C=O) groups is 5. The minimum absolute atomic E-state index is 0.0214. The average molecular weight is 805 g/mol. The Morgan fingerprint density at radius 3 is 2.34 bits per heavy atom. The van der Waals surface area contributed by atoms with Crippen LogP contribution in [0.5, 0.6) is 0 Å². The molecule has 0 bridgehead atoms. The molecule has 1 aliphatic heterocycles. The van der Waals surface area contributed by atoms with Crippen molar-refractivity contribution < 1.29 is 37.5 Å². The molecule has 1 saturated heterocycles. The molecular formula is C44H58F2N6O6.